The molecule has 0 atom stereocenters. The molecule has 0 aliphatic rings. The minimum atomic E-state index is -0.277. The van der Waals surface area contributed by atoms with Gasteiger partial charge in [0.2, 0.25) is 0 Å². The molecule has 7 heteroatoms. The summed E-state index contributed by atoms with van der Waals surface area (Å²) in [6.45, 7) is 4.07. The maximum absolute atomic E-state index is 12.4. The van der Waals surface area contributed by atoms with Gasteiger partial charge >= 0.3 is 0 Å². The number of aryl methyl sites for hydroxylation is 1. The number of halogens is 2. The molecule has 3 aromatic carbocycles. The smallest absolute Gasteiger partial charge is 0.262 e. The van der Waals surface area contributed by atoms with E-state index >= 15 is 0 Å². The Morgan fingerprint density at radius 2 is 1.85 bits per heavy atom. The average molecular weight is 570 g/mol. The summed E-state index contributed by atoms with van der Waals surface area (Å²) in [6, 6.07) is 20.9. The number of benzene rings is 3. The Bertz CT molecular complexity index is 1220. The Labute approximate surface area is 210 Å². The number of nitrogens with one attached hydrogen (secondary N) is 1. The Morgan fingerprint density at radius 3 is 2.52 bits per heavy atom. The molecule has 0 heterocycles. The van der Waals surface area contributed by atoms with Gasteiger partial charge in [0.05, 0.1) is 22.7 Å². The number of nitrogens with zero attached hydrogens (tertiary/aromatic N) is 1. The zero-order valence-corrected chi connectivity index (χ0v) is 21.4. The zero-order chi connectivity index (χ0) is 23.8. The summed E-state index contributed by atoms with van der Waals surface area (Å²) in [7, 11) is 0. The van der Waals surface area contributed by atoms with Gasteiger partial charge in [0, 0.05) is 10.2 Å². The first-order valence-electron chi connectivity index (χ1n) is 10.2. The first-order valence-corrected chi connectivity index (χ1v) is 11.8. The van der Waals surface area contributed by atoms with Crippen LogP contribution in [0.25, 0.3) is 11.6 Å². The average Bonchev–Trinajstić information content (AvgIpc) is 2.78. The molecule has 0 fully saturated rings. The number of hydrogen-bond donors (Lipinski definition) is 1. The second-order valence-electron chi connectivity index (χ2n) is 7.15. The molecular weight excluding hydrogens is 548 g/mol. The molecule has 33 heavy (non-hydrogen) atoms. The molecule has 168 valence electrons. The molecule has 0 aromatic heterocycles. The Kier molecular flexibility index (Phi) is 8.70. The summed E-state index contributed by atoms with van der Waals surface area (Å²) in [5, 5.41) is 12.5. The molecule has 0 unspecified atom stereocenters. The number of nitriles is 1. The lowest BCUT2D eigenvalue weighted by molar-refractivity contribution is -0.118. The normalized spacial score (nSPS) is 10.9. The van der Waals surface area contributed by atoms with Crippen molar-refractivity contribution in [1.29, 1.82) is 5.26 Å². The first-order chi connectivity index (χ1) is 15.9. The van der Waals surface area contributed by atoms with Crippen molar-refractivity contribution in [2.45, 2.75) is 13.8 Å². The fourth-order valence-electron chi connectivity index (χ4n) is 3.11. The molecule has 3 rings (SSSR count). The lowest BCUT2D eigenvalue weighted by Gasteiger charge is -2.15. The SMILES string of the molecule is CCOc1cc(/C=C(\C#N)c2ccc(Br)cc2)cc(Br)c1OCC(=O)Nc1cccc(C)c1. The van der Waals surface area contributed by atoms with Crippen molar-refractivity contribution in [3.8, 4) is 17.6 Å². The molecular formula is C26H22Br2N2O3. The largest absolute Gasteiger partial charge is 0.490 e. The number of allylic oxidation sites excluding steroid dienone is 1. The van der Waals surface area contributed by atoms with Crippen LogP contribution >= 0.6 is 31.9 Å². The highest BCUT2D eigenvalue weighted by Gasteiger charge is 2.14. The van der Waals surface area contributed by atoms with E-state index in [1.54, 1.807) is 12.1 Å². The third-order valence-electron chi connectivity index (χ3n) is 4.57. The summed E-state index contributed by atoms with van der Waals surface area (Å²) < 4.78 is 13.1. The molecule has 0 saturated carbocycles. The van der Waals surface area contributed by atoms with E-state index in [-0.39, 0.29) is 12.5 Å². The fourth-order valence-corrected chi connectivity index (χ4v) is 3.95. The highest BCUT2D eigenvalue weighted by Crippen LogP contribution is 2.38. The number of carbonyl (C=O) groups is 1. The van der Waals surface area contributed by atoms with Crippen LogP contribution in [0, 0.1) is 18.3 Å². The topological polar surface area (TPSA) is 71.3 Å². The van der Waals surface area contributed by atoms with Crippen LogP contribution in [0.3, 0.4) is 0 Å². The van der Waals surface area contributed by atoms with Crippen LogP contribution in [-0.2, 0) is 4.79 Å². The third-order valence-corrected chi connectivity index (χ3v) is 5.69. The molecule has 0 aliphatic carbocycles. The minimum absolute atomic E-state index is 0.176. The Morgan fingerprint density at radius 1 is 1.09 bits per heavy atom. The van der Waals surface area contributed by atoms with Crippen molar-refractivity contribution in [2.75, 3.05) is 18.5 Å². The van der Waals surface area contributed by atoms with Gasteiger partial charge in [-0.15, -0.1) is 0 Å². The van der Waals surface area contributed by atoms with Crippen LogP contribution in [-0.4, -0.2) is 19.1 Å². The zero-order valence-electron chi connectivity index (χ0n) is 18.2. The summed E-state index contributed by atoms with van der Waals surface area (Å²) in [4.78, 5) is 12.4. The van der Waals surface area contributed by atoms with Gasteiger partial charge in [-0.2, -0.15) is 5.26 Å². The van der Waals surface area contributed by atoms with Crippen LogP contribution < -0.4 is 14.8 Å². The molecule has 0 saturated heterocycles. The van der Waals surface area contributed by atoms with E-state index in [2.05, 4.69) is 43.2 Å². The quantitative estimate of drug-likeness (QED) is 0.234. The lowest BCUT2D eigenvalue weighted by atomic mass is 10.0. The number of anilines is 1. The number of rotatable bonds is 8. The highest BCUT2D eigenvalue weighted by atomic mass is 79.9. The van der Waals surface area contributed by atoms with Crippen molar-refractivity contribution in [1.82, 2.24) is 0 Å². The molecule has 3 aromatic rings. The van der Waals surface area contributed by atoms with Gasteiger partial charge in [-0.05, 0) is 88.9 Å². The van der Waals surface area contributed by atoms with E-state index in [9.17, 15) is 10.1 Å². The number of amides is 1. The van der Waals surface area contributed by atoms with E-state index in [1.807, 2.05) is 68.4 Å². The second kappa shape index (κ2) is 11.7. The standard InChI is InChI=1S/C26H22Br2N2O3/c1-3-32-24-14-18(12-20(15-29)19-7-9-21(27)10-8-19)13-23(28)26(24)33-16-25(31)30-22-6-4-5-17(2)11-22/h4-14H,3,16H2,1-2H3,(H,30,31)/b20-12+. The van der Waals surface area contributed by atoms with Gasteiger partial charge in [0.25, 0.3) is 5.91 Å². The summed E-state index contributed by atoms with van der Waals surface area (Å²) in [6.07, 6.45) is 1.78. The predicted octanol–water partition coefficient (Wildman–Crippen LogP) is 7.00. The van der Waals surface area contributed by atoms with Gasteiger partial charge in [-0.25, -0.2) is 0 Å². The van der Waals surface area contributed by atoms with Crippen LogP contribution in [0.2, 0.25) is 0 Å². The van der Waals surface area contributed by atoms with Crippen molar-refractivity contribution in [3.63, 3.8) is 0 Å². The molecule has 5 nitrogen and oxygen atoms in total. The van der Waals surface area contributed by atoms with E-state index < -0.39 is 0 Å². The van der Waals surface area contributed by atoms with E-state index in [0.29, 0.717) is 33.8 Å². The number of ether oxygens (including phenoxy) is 2. The minimum Gasteiger partial charge on any atom is -0.490 e. The number of hydrogen-bond acceptors (Lipinski definition) is 4. The van der Waals surface area contributed by atoms with E-state index in [4.69, 9.17) is 9.47 Å². The van der Waals surface area contributed by atoms with Gasteiger partial charge < -0.3 is 14.8 Å². The highest BCUT2D eigenvalue weighted by molar-refractivity contribution is 9.10. The Balaban J connectivity index is 1.81. The van der Waals surface area contributed by atoms with Crippen LogP contribution in [0.5, 0.6) is 11.5 Å². The lowest BCUT2D eigenvalue weighted by Crippen LogP contribution is -2.20. The second-order valence-corrected chi connectivity index (χ2v) is 8.92. The van der Waals surface area contributed by atoms with Crippen LogP contribution in [0.4, 0.5) is 5.69 Å². The first kappa shape index (κ1) is 24.6. The van der Waals surface area contributed by atoms with Crippen molar-refractivity contribution in [2.24, 2.45) is 0 Å². The predicted molar refractivity (Wildman–Crippen MR) is 138 cm³/mol. The summed E-state index contributed by atoms with van der Waals surface area (Å²) >= 11 is 6.92. The van der Waals surface area contributed by atoms with Gasteiger partial charge in [0.1, 0.15) is 0 Å². The number of carbonyl (C=O) groups excluding carboxylic acids is 1. The maximum Gasteiger partial charge on any atom is 0.262 e. The molecule has 0 aliphatic heterocycles. The van der Waals surface area contributed by atoms with Crippen molar-refractivity contribution in [3.05, 3.63) is 86.3 Å². The summed E-state index contributed by atoms with van der Waals surface area (Å²) in [5.41, 5.74) is 3.86. The molecule has 0 spiro atoms. The Hall–Kier alpha value is -3.08. The fraction of sp³-hybridized carbons (Fsp3) is 0.154. The van der Waals surface area contributed by atoms with E-state index in [1.165, 1.54) is 0 Å². The van der Waals surface area contributed by atoms with Crippen molar-refractivity contribution >= 4 is 55.1 Å². The molecule has 0 radical (unpaired) electrons. The third kappa shape index (κ3) is 6.95. The molecule has 1 N–H and O–H groups in total. The van der Waals surface area contributed by atoms with Crippen LogP contribution in [0.15, 0.2) is 69.6 Å². The van der Waals surface area contributed by atoms with Gasteiger partial charge in [-0.1, -0.05) is 40.2 Å². The van der Waals surface area contributed by atoms with Crippen molar-refractivity contribution < 1.29 is 14.3 Å². The van der Waals surface area contributed by atoms with E-state index in [0.717, 1.165) is 21.2 Å². The monoisotopic (exact) mass is 568 g/mol. The molecule has 1 amide bonds. The van der Waals surface area contributed by atoms with Crippen LogP contribution in [0.1, 0.15) is 23.6 Å². The van der Waals surface area contributed by atoms with Gasteiger partial charge in [0.15, 0.2) is 18.1 Å². The van der Waals surface area contributed by atoms with Gasteiger partial charge in [-0.3, -0.25) is 4.79 Å². The summed E-state index contributed by atoms with van der Waals surface area (Å²) in [5.74, 6) is 0.631. The maximum atomic E-state index is 12.4. The molecule has 0 bridgehead atoms.